The van der Waals surface area contributed by atoms with Gasteiger partial charge in [0.05, 0.1) is 40.8 Å². The van der Waals surface area contributed by atoms with E-state index in [2.05, 4.69) is 22.5 Å². The van der Waals surface area contributed by atoms with Crippen LogP contribution in [-0.2, 0) is 10.0 Å². The lowest BCUT2D eigenvalue weighted by Crippen LogP contribution is -2.31. The molecule has 0 aliphatic heterocycles. The first-order chi connectivity index (χ1) is 11.8. The number of anilines is 1. The minimum Gasteiger partial charge on any atom is -0.496 e. The topological polar surface area (TPSA) is 55.8 Å². The number of hydrogen-bond acceptors (Lipinski definition) is 4. The van der Waals surface area contributed by atoms with Crippen molar-refractivity contribution in [2.45, 2.75) is 4.90 Å². The minimum absolute atomic E-state index is 0.0919. The van der Waals surface area contributed by atoms with Gasteiger partial charge in [0.2, 0.25) is 0 Å². The van der Waals surface area contributed by atoms with E-state index in [0.717, 1.165) is 0 Å². The lowest BCUT2D eigenvalue weighted by Gasteiger charge is -2.24. The Balaban J connectivity index is 2.53. The average Bonchev–Trinajstić information content (AvgIpc) is 2.59. The second kappa shape index (κ2) is 8.12. The predicted octanol–water partition coefficient (Wildman–Crippen LogP) is 4.50. The van der Waals surface area contributed by atoms with Gasteiger partial charge in [-0.05, 0) is 52.3 Å². The standard InChI is InChI=1S/C17H17BrClNO4S/c1-4-9-20(12-5-7-17(24-3)15(19)10-12)25(21,22)13-6-8-16(23-2)14(18)11-13/h4-8,10-11H,1,9H2,2-3H3. The Bertz CT molecular complexity index is 886. The molecule has 0 aliphatic rings. The molecule has 0 N–H and O–H groups in total. The highest BCUT2D eigenvalue weighted by atomic mass is 79.9. The highest BCUT2D eigenvalue weighted by molar-refractivity contribution is 9.10. The predicted molar refractivity (Wildman–Crippen MR) is 103 cm³/mol. The van der Waals surface area contributed by atoms with Gasteiger partial charge < -0.3 is 9.47 Å². The van der Waals surface area contributed by atoms with Gasteiger partial charge in [0, 0.05) is 0 Å². The zero-order valence-electron chi connectivity index (χ0n) is 13.7. The fourth-order valence-electron chi connectivity index (χ4n) is 2.20. The van der Waals surface area contributed by atoms with Crippen LogP contribution in [0.2, 0.25) is 5.02 Å². The minimum atomic E-state index is -3.82. The highest BCUT2D eigenvalue weighted by Gasteiger charge is 2.25. The monoisotopic (exact) mass is 445 g/mol. The van der Waals surface area contributed by atoms with E-state index in [1.807, 2.05) is 0 Å². The van der Waals surface area contributed by atoms with Crippen molar-refractivity contribution >= 4 is 43.2 Å². The zero-order valence-corrected chi connectivity index (χ0v) is 16.9. The molecule has 0 radical (unpaired) electrons. The molecule has 0 fully saturated rings. The van der Waals surface area contributed by atoms with Gasteiger partial charge in [0.15, 0.2) is 0 Å². The first kappa shape index (κ1) is 19.6. The van der Waals surface area contributed by atoms with Crippen molar-refractivity contribution in [3.8, 4) is 11.5 Å². The Labute approximate surface area is 161 Å². The summed E-state index contributed by atoms with van der Waals surface area (Å²) in [5.41, 5.74) is 0.414. The number of ether oxygens (including phenoxy) is 2. The molecule has 0 aliphatic carbocycles. The molecule has 0 bridgehead atoms. The summed E-state index contributed by atoms with van der Waals surface area (Å²) in [6.07, 6.45) is 1.51. The lowest BCUT2D eigenvalue weighted by molar-refractivity contribution is 0.411. The summed E-state index contributed by atoms with van der Waals surface area (Å²) in [5.74, 6) is 1.01. The number of hydrogen-bond donors (Lipinski definition) is 0. The number of methoxy groups -OCH3 is 2. The van der Waals surface area contributed by atoms with Gasteiger partial charge in [-0.25, -0.2) is 8.42 Å². The van der Waals surface area contributed by atoms with E-state index in [1.54, 1.807) is 24.3 Å². The van der Waals surface area contributed by atoms with Crippen LogP contribution in [0.4, 0.5) is 5.69 Å². The van der Waals surface area contributed by atoms with Crippen molar-refractivity contribution in [1.29, 1.82) is 0 Å². The maximum absolute atomic E-state index is 13.1. The molecule has 0 unspecified atom stereocenters. The SMILES string of the molecule is C=CCN(c1ccc(OC)c(Cl)c1)S(=O)(=O)c1ccc(OC)c(Br)c1. The molecule has 0 saturated carbocycles. The van der Waals surface area contributed by atoms with Crippen LogP contribution in [-0.4, -0.2) is 29.2 Å². The summed E-state index contributed by atoms with van der Waals surface area (Å²) in [7, 11) is -0.817. The smallest absolute Gasteiger partial charge is 0.264 e. The van der Waals surface area contributed by atoms with Crippen molar-refractivity contribution in [3.63, 3.8) is 0 Å². The Morgan fingerprint density at radius 1 is 1.16 bits per heavy atom. The normalized spacial score (nSPS) is 11.0. The fourth-order valence-corrected chi connectivity index (χ4v) is 4.60. The summed E-state index contributed by atoms with van der Waals surface area (Å²) >= 11 is 9.45. The van der Waals surface area contributed by atoms with Crippen LogP contribution >= 0.6 is 27.5 Å². The van der Waals surface area contributed by atoms with E-state index in [4.69, 9.17) is 21.1 Å². The third kappa shape index (κ3) is 4.11. The maximum Gasteiger partial charge on any atom is 0.264 e. The largest absolute Gasteiger partial charge is 0.496 e. The lowest BCUT2D eigenvalue weighted by atomic mass is 10.3. The van der Waals surface area contributed by atoms with Crippen molar-refractivity contribution in [2.24, 2.45) is 0 Å². The molecule has 8 heteroatoms. The molecule has 0 heterocycles. The number of benzene rings is 2. The molecule has 2 aromatic rings. The number of halogens is 2. The van der Waals surface area contributed by atoms with Crippen LogP contribution in [0, 0.1) is 0 Å². The summed E-state index contributed by atoms with van der Waals surface area (Å²) in [6, 6.07) is 9.36. The number of rotatable bonds is 7. The fraction of sp³-hybridized carbons (Fsp3) is 0.176. The molecule has 0 amide bonds. The van der Waals surface area contributed by atoms with Gasteiger partial charge in [-0.1, -0.05) is 17.7 Å². The van der Waals surface area contributed by atoms with Gasteiger partial charge in [-0.2, -0.15) is 0 Å². The first-order valence-electron chi connectivity index (χ1n) is 7.16. The summed E-state index contributed by atoms with van der Waals surface area (Å²) in [6.45, 7) is 3.73. The van der Waals surface area contributed by atoms with E-state index < -0.39 is 10.0 Å². The van der Waals surface area contributed by atoms with Crippen LogP contribution in [0.15, 0.2) is 58.4 Å². The number of nitrogens with zero attached hydrogens (tertiary/aromatic N) is 1. The summed E-state index contributed by atoms with van der Waals surface area (Å²) in [4.78, 5) is 0.119. The molecule has 2 rings (SSSR count). The molecule has 5 nitrogen and oxygen atoms in total. The Morgan fingerprint density at radius 2 is 1.80 bits per heavy atom. The van der Waals surface area contributed by atoms with Gasteiger partial charge in [-0.15, -0.1) is 6.58 Å². The molecule has 2 aromatic carbocycles. The average molecular weight is 447 g/mol. The van der Waals surface area contributed by atoms with E-state index >= 15 is 0 Å². The highest BCUT2D eigenvalue weighted by Crippen LogP contribution is 2.33. The maximum atomic E-state index is 13.1. The van der Waals surface area contributed by atoms with Crippen LogP contribution in [0.25, 0.3) is 0 Å². The molecule has 134 valence electrons. The van der Waals surface area contributed by atoms with Crippen LogP contribution in [0.1, 0.15) is 0 Å². The molecule has 0 saturated heterocycles. The Morgan fingerprint density at radius 3 is 2.32 bits per heavy atom. The molecular formula is C17H17BrClNO4S. The molecular weight excluding hydrogens is 430 g/mol. The van der Waals surface area contributed by atoms with Gasteiger partial charge in [0.1, 0.15) is 11.5 Å². The van der Waals surface area contributed by atoms with E-state index in [1.165, 1.54) is 36.7 Å². The van der Waals surface area contributed by atoms with Crippen molar-refractivity contribution in [1.82, 2.24) is 0 Å². The Kier molecular flexibility index (Phi) is 6.37. The third-order valence-corrected chi connectivity index (χ3v) is 6.13. The summed E-state index contributed by atoms with van der Waals surface area (Å²) < 4.78 is 38.2. The van der Waals surface area contributed by atoms with E-state index in [-0.39, 0.29) is 11.4 Å². The first-order valence-corrected chi connectivity index (χ1v) is 9.77. The third-order valence-electron chi connectivity index (χ3n) is 3.43. The summed E-state index contributed by atoms with van der Waals surface area (Å²) in [5, 5.41) is 0.320. The van der Waals surface area contributed by atoms with Gasteiger partial charge >= 0.3 is 0 Å². The Hall–Kier alpha value is -1.70. The number of sulfonamides is 1. The van der Waals surface area contributed by atoms with Crippen LogP contribution < -0.4 is 13.8 Å². The molecule has 0 atom stereocenters. The molecule has 0 aromatic heterocycles. The van der Waals surface area contributed by atoms with Gasteiger partial charge in [-0.3, -0.25) is 4.31 Å². The van der Waals surface area contributed by atoms with Crippen LogP contribution in [0.3, 0.4) is 0 Å². The van der Waals surface area contributed by atoms with Gasteiger partial charge in [0.25, 0.3) is 10.0 Å². The molecule has 0 spiro atoms. The second-order valence-electron chi connectivity index (χ2n) is 4.94. The zero-order chi connectivity index (χ0) is 18.6. The quantitative estimate of drug-likeness (QED) is 0.588. The van der Waals surface area contributed by atoms with Crippen molar-refractivity contribution in [2.75, 3.05) is 25.1 Å². The van der Waals surface area contributed by atoms with Crippen molar-refractivity contribution < 1.29 is 17.9 Å². The van der Waals surface area contributed by atoms with E-state index in [9.17, 15) is 8.42 Å². The molecule has 25 heavy (non-hydrogen) atoms. The van der Waals surface area contributed by atoms with Crippen molar-refractivity contribution in [3.05, 3.63) is 58.5 Å². The van der Waals surface area contributed by atoms with E-state index in [0.29, 0.717) is 26.7 Å². The van der Waals surface area contributed by atoms with Crippen LogP contribution in [0.5, 0.6) is 11.5 Å². The second-order valence-corrected chi connectivity index (χ2v) is 8.06.